The van der Waals surface area contributed by atoms with Gasteiger partial charge in [-0.05, 0) is 0 Å². The summed E-state index contributed by atoms with van der Waals surface area (Å²) in [5.41, 5.74) is 0. The van der Waals surface area contributed by atoms with E-state index in [4.69, 9.17) is 0 Å². The van der Waals surface area contributed by atoms with E-state index in [2.05, 4.69) is 18.9 Å². The van der Waals surface area contributed by atoms with Crippen LogP contribution in [0.25, 0.3) is 0 Å². The van der Waals surface area contributed by atoms with Gasteiger partial charge in [-0.2, -0.15) is 13.2 Å². The van der Waals surface area contributed by atoms with Gasteiger partial charge in [-0.15, -0.1) is 17.6 Å². The van der Waals surface area contributed by atoms with Crippen LogP contribution in [0.4, 0.5) is 30.7 Å². The highest BCUT2D eigenvalue weighted by Crippen LogP contribution is 2.33. The van der Waals surface area contributed by atoms with Crippen LogP contribution in [0, 0.1) is 0 Å². The zero-order chi connectivity index (χ0) is 12.6. The molecule has 0 bridgehead atoms. The molecule has 94 valence electrons. The van der Waals surface area contributed by atoms with Crippen LogP contribution in [0.1, 0.15) is 0 Å². The van der Waals surface area contributed by atoms with Gasteiger partial charge in [-0.25, -0.2) is 9.47 Å². The van der Waals surface area contributed by atoms with Crippen molar-refractivity contribution in [1.82, 2.24) is 0 Å². The Hall–Kier alpha value is -1.23. The Balaban J connectivity index is 2.98. The van der Waals surface area contributed by atoms with Crippen LogP contribution in [0.5, 0.6) is 0 Å². The molecule has 0 aliphatic carbocycles. The molecule has 0 fully saturated rings. The van der Waals surface area contributed by atoms with E-state index in [1.807, 2.05) is 0 Å². The molecule has 0 aromatic carbocycles. The molecule has 0 aromatic heterocycles. The maximum absolute atomic E-state index is 12.3. The molecule has 0 spiro atoms. The summed E-state index contributed by atoms with van der Waals surface area (Å²) in [6.07, 6.45) is -10.1. The minimum Gasteiger partial charge on any atom is -0.377 e. The largest absolute Gasteiger partial charge is 0.541 e. The van der Waals surface area contributed by atoms with E-state index in [0.29, 0.717) is 0 Å². The molecule has 1 heterocycles. The summed E-state index contributed by atoms with van der Waals surface area (Å²) in [7, 11) is 0. The Bertz CT molecular complexity index is 275. The molecule has 0 amide bonds. The predicted molar refractivity (Wildman–Crippen MR) is 28.4 cm³/mol. The lowest BCUT2D eigenvalue weighted by Gasteiger charge is -2.18. The van der Waals surface area contributed by atoms with Crippen molar-refractivity contribution in [1.29, 1.82) is 0 Å². The summed E-state index contributed by atoms with van der Waals surface area (Å²) in [6.45, 7) is -3.73. The number of rotatable bonds is 0. The Labute approximate surface area is 82.1 Å². The van der Waals surface area contributed by atoms with Gasteiger partial charge < -0.3 is 9.47 Å². The Morgan fingerprint density at radius 3 is 1.44 bits per heavy atom. The van der Waals surface area contributed by atoms with Crippen molar-refractivity contribution in [2.45, 2.75) is 19.1 Å². The van der Waals surface area contributed by atoms with E-state index in [0.717, 1.165) is 0 Å². The fraction of sp³-hybridized carbons (Fsp3) is 0.600. The quantitative estimate of drug-likeness (QED) is 0.625. The van der Waals surface area contributed by atoms with Crippen LogP contribution in [0.15, 0.2) is 12.0 Å². The van der Waals surface area contributed by atoms with Crippen molar-refractivity contribution >= 4 is 0 Å². The third kappa shape index (κ3) is 3.41. The lowest BCUT2D eigenvalue weighted by atomic mass is 10.9. The first kappa shape index (κ1) is 12.8. The highest BCUT2D eigenvalue weighted by Gasteiger charge is 2.48. The summed E-state index contributed by atoms with van der Waals surface area (Å²) < 4.78 is 96.7. The first-order valence-corrected chi connectivity index (χ1v) is 3.30. The summed E-state index contributed by atoms with van der Waals surface area (Å²) in [5, 5.41) is 0. The second-order valence-corrected chi connectivity index (χ2v) is 2.19. The second-order valence-electron chi connectivity index (χ2n) is 2.19. The van der Waals surface area contributed by atoms with Gasteiger partial charge >= 0.3 is 31.2 Å². The highest BCUT2D eigenvalue weighted by molar-refractivity contribution is 4.84. The Kier molecular flexibility index (Phi) is 3.19. The summed E-state index contributed by atoms with van der Waals surface area (Å²) in [4.78, 5) is 0. The van der Waals surface area contributed by atoms with E-state index < -0.39 is 31.2 Å². The predicted octanol–water partition coefficient (Wildman–Crippen LogP) is 2.49. The maximum Gasteiger partial charge on any atom is 0.541 e. The van der Waals surface area contributed by atoms with Crippen molar-refractivity contribution in [3.8, 4) is 0 Å². The summed E-state index contributed by atoms with van der Waals surface area (Å²) in [5.74, 6) is 0. The van der Waals surface area contributed by atoms with Crippen LogP contribution >= 0.6 is 0 Å². The third-order valence-corrected chi connectivity index (χ3v) is 1.03. The minimum atomic E-state index is -5.05. The normalized spacial score (nSPS) is 30.7. The molecule has 4 nitrogen and oxygen atoms in total. The number of hydrogen-bond donors (Lipinski definition) is 0. The topological polar surface area (TPSA) is 36.9 Å². The van der Waals surface area contributed by atoms with Crippen LogP contribution in [-0.2, 0) is 18.9 Å². The molecule has 0 saturated heterocycles. The molecule has 1 rings (SSSR count). The molecular weight excluding hydrogens is 257 g/mol. The SMILES string of the molecule is F/C1=C(\F)OC(F)(F)OC(F)OC(F)(F)O1. The smallest absolute Gasteiger partial charge is 0.377 e. The van der Waals surface area contributed by atoms with E-state index >= 15 is 0 Å². The molecule has 1 aliphatic heterocycles. The summed E-state index contributed by atoms with van der Waals surface area (Å²) >= 11 is 0. The molecule has 0 saturated carbocycles. The molecule has 0 atom stereocenters. The Morgan fingerprint density at radius 2 is 1.12 bits per heavy atom. The second kappa shape index (κ2) is 3.97. The van der Waals surface area contributed by atoms with Crippen molar-refractivity contribution in [3.63, 3.8) is 0 Å². The molecule has 1 aliphatic rings. The molecule has 16 heavy (non-hydrogen) atoms. The first-order chi connectivity index (χ1) is 7.11. The highest BCUT2D eigenvalue weighted by atomic mass is 19.3. The van der Waals surface area contributed by atoms with Gasteiger partial charge in [0.1, 0.15) is 0 Å². The maximum atomic E-state index is 12.3. The zero-order valence-corrected chi connectivity index (χ0v) is 6.86. The average Bonchev–Trinajstić information content (AvgIpc) is 1.98. The lowest BCUT2D eigenvalue weighted by Crippen LogP contribution is -2.33. The van der Waals surface area contributed by atoms with E-state index in [-0.39, 0.29) is 0 Å². The van der Waals surface area contributed by atoms with E-state index in [9.17, 15) is 30.7 Å². The van der Waals surface area contributed by atoms with Gasteiger partial charge in [-0.1, -0.05) is 0 Å². The molecule has 0 N–H and O–H groups in total. The standard InChI is InChI=1S/C5HF7O4/c6-1-2(7)14-5(11,12)16-3(8)15-4(9,10)13-1/h3H/b2-1-. The number of ether oxygens (including phenoxy) is 4. The van der Waals surface area contributed by atoms with Gasteiger partial charge in [-0.3, -0.25) is 0 Å². The monoisotopic (exact) mass is 258 g/mol. The first-order valence-electron chi connectivity index (χ1n) is 3.30. The van der Waals surface area contributed by atoms with Crippen LogP contribution in [0.2, 0.25) is 0 Å². The number of alkyl halides is 5. The Morgan fingerprint density at radius 1 is 0.812 bits per heavy atom. The third-order valence-electron chi connectivity index (χ3n) is 1.03. The fourth-order valence-corrected chi connectivity index (χ4v) is 0.577. The zero-order valence-electron chi connectivity index (χ0n) is 6.86. The van der Waals surface area contributed by atoms with Gasteiger partial charge in [0.15, 0.2) is 0 Å². The van der Waals surface area contributed by atoms with Gasteiger partial charge in [0, 0.05) is 0 Å². The average molecular weight is 258 g/mol. The number of halogens is 7. The minimum absolute atomic E-state index is 2.74. The fourth-order valence-electron chi connectivity index (χ4n) is 0.577. The van der Waals surface area contributed by atoms with E-state index in [1.165, 1.54) is 0 Å². The summed E-state index contributed by atoms with van der Waals surface area (Å²) in [6, 6.07) is -5.72. The molecule has 11 heteroatoms. The molecular formula is C5HF7O4. The van der Waals surface area contributed by atoms with Crippen LogP contribution < -0.4 is 0 Å². The van der Waals surface area contributed by atoms with Crippen LogP contribution in [0.3, 0.4) is 0 Å². The van der Waals surface area contributed by atoms with Crippen LogP contribution in [-0.4, -0.2) is 19.1 Å². The van der Waals surface area contributed by atoms with Crippen molar-refractivity contribution < 1.29 is 49.7 Å². The van der Waals surface area contributed by atoms with Gasteiger partial charge in [0.2, 0.25) is 0 Å². The van der Waals surface area contributed by atoms with Crippen molar-refractivity contribution in [2.75, 3.05) is 0 Å². The molecule has 0 radical (unpaired) electrons. The van der Waals surface area contributed by atoms with Crippen molar-refractivity contribution in [3.05, 3.63) is 12.0 Å². The van der Waals surface area contributed by atoms with Gasteiger partial charge in [0.25, 0.3) is 0 Å². The number of hydrogen-bond acceptors (Lipinski definition) is 4. The van der Waals surface area contributed by atoms with Gasteiger partial charge in [0.05, 0.1) is 0 Å². The van der Waals surface area contributed by atoms with E-state index in [1.54, 1.807) is 0 Å². The molecule has 0 aromatic rings. The molecule has 0 unspecified atom stereocenters. The van der Waals surface area contributed by atoms with Crippen molar-refractivity contribution in [2.24, 2.45) is 0 Å². The lowest BCUT2D eigenvalue weighted by molar-refractivity contribution is -0.493.